The molecule has 37 heavy (non-hydrogen) atoms. The fourth-order valence-electron chi connectivity index (χ4n) is 3.55. The van der Waals surface area contributed by atoms with Gasteiger partial charge in [0.2, 0.25) is 5.91 Å². The van der Waals surface area contributed by atoms with Gasteiger partial charge in [0.15, 0.2) is 9.84 Å². The Morgan fingerprint density at radius 3 is 2.24 bits per heavy atom. The molecule has 0 aliphatic heterocycles. The molecule has 0 spiro atoms. The SMILES string of the molecule is CS(=O)(=O)c1ccc(Nc2ccc(CNC(=O)C3(NC(=O)c4cncnc4)CC3)cc2)c(C(F)(F)F)c1. The Hall–Kier alpha value is -4.00. The van der Waals surface area contributed by atoms with Crippen LogP contribution in [0.4, 0.5) is 24.5 Å². The van der Waals surface area contributed by atoms with E-state index in [0.29, 0.717) is 30.2 Å². The van der Waals surface area contributed by atoms with Crippen molar-refractivity contribution in [2.45, 2.75) is 36.0 Å². The number of carbonyl (C=O) groups is 2. The van der Waals surface area contributed by atoms with E-state index in [4.69, 9.17) is 0 Å². The van der Waals surface area contributed by atoms with Crippen LogP contribution in [0.1, 0.15) is 34.3 Å². The van der Waals surface area contributed by atoms with E-state index in [-0.39, 0.29) is 23.7 Å². The Balaban J connectivity index is 1.39. The van der Waals surface area contributed by atoms with E-state index in [2.05, 4.69) is 25.9 Å². The molecule has 1 aromatic heterocycles. The minimum Gasteiger partial charge on any atom is -0.355 e. The number of amides is 2. The van der Waals surface area contributed by atoms with Crippen molar-refractivity contribution in [2.75, 3.05) is 11.6 Å². The summed E-state index contributed by atoms with van der Waals surface area (Å²) < 4.78 is 63.9. The van der Waals surface area contributed by atoms with Crippen LogP contribution in [-0.4, -0.2) is 42.0 Å². The van der Waals surface area contributed by atoms with Gasteiger partial charge in [-0.2, -0.15) is 13.2 Å². The van der Waals surface area contributed by atoms with Crippen LogP contribution in [0.15, 0.2) is 66.1 Å². The zero-order valence-electron chi connectivity index (χ0n) is 19.5. The molecule has 2 aromatic carbocycles. The number of nitrogens with zero attached hydrogens (tertiary/aromatic N) is 2. The second-order valence-corrected chi connectivity index (χ2v) is 10.7. The second-order valence-electron chi connectivity index (χ2n) is 8.65. The van der Waals surface area contributed by atoms with Crippen LogP contribution < -0.4 is 16.0 Å². The van der Waals surface area contributed by atoms with E-state index in [0.717, 1.165) is 18.4 Å². The first kappa shape index (κ1) is 26.1. The summed E-state index contributed by atoms with van der Waals surface area (Å²) in [6, 6.07) is 9.10. The lowest BCUT2D eigenvalue weighted by Crippen LogP contribution is -2.48. The van der Waals surface area contributed by atoms with E-state index in [1.54, 1.807) is 12.1 Å². The van der Waals surface area contributed by atoms with Crippen LogP contribution in [0.25, 0.3) is 0 Å². The molecule has 3 N–H and O–H groups in total. The monoisotopic (exact) mass is 533 g/mol. The Bertz CT molecular complexity index is 1420. The minimum absolute atomic E-state index is 0.141. The van der Waals surface area contributed by atoms with Gasteiger partial charge in [0.25, 0.3) is 5.91 Å². The van der Waals surface area contributed by atoms with Crippen LogP contribution >= 0.6 is 0 Å². The highest BCUT2D eigenvalue weighted by Gasteiger charge is 2.51. The van der Waals surface area contributed by atoms with Gasteiger partial charge in [-0.15, -0.1) is 0 Å². The molecule has 0 unspecified atom stereocenters. The lowest BCUT2D eigenvalue weighted by atomic mass is 10.1. The largest absolute Gasteiger partial charge is 0.418 e. The van der Waals surface area contributed by atoms with Gasteiger partial charge in [-0.1, -0.05) is 12.1 Å². The molecule has 194 valence electrons. The van der Waals surface area contributed by atoms with E-state index in [1.807, 2.05) is 0 Å². The van der Waals surface area contributed by atoms with Crippen LogP contribution in [0, 0.1) is 0 Å². The maximum atomic E-state index is 13.5. The lowest BCUT2D eigenvalue weighted by Gasteiger charge is -2.18. The Kier molecular flexibility index (Phi) is 6.91. The molecule has 0 radical (unpaired) electrons. The fraction of sp³-hybridized carbons (Fsp3) is 0.250. The number of nitrogens with one attached hydrogen (secondary N) is 3. The van der Waals surface area contributed by atoms with Gasteiger partial charge >= 0.3 is 6.18 Å². The number of benzene rings is 2. The summed E-state index contributed by atoms with van der Waals surface area (Å²) in [5.74, 6) is -0.799. The van der Waals surface area contributed by atoms with Crippen molar-refractivity contribution >= 4 is 33.0 Å². The normalized spacial score (nSPS) is 14.5. The quantitative estimate of drug-likeness (QED) is 0.405. The number of hydrogen-bond donors (Lipinski definition) is 3. The fourth-order valence-corrected chi connectivity index (χ4v) is 4.20. The molecule has 0 saturated heterocycles. The van der Waals surface area contributed by atoms with E-state index in [9.17, 15) is 31.2 Å². The average molecular weight is 534 g/mol. The van der Waals surface area contributed by atoms with Gasteiger partial charge in [0.05, 0.1) is 21.7 Å². The number of sulfone groups is 1. The molecule has 13 heteroatoms. The molecule has 1 fully saturated rings. The average Bonchev–Trinajstić information content (AvgIpc) is 3.63. The molecule has 1 heterocycles. The summed E-state index contributed by atoms with van der Waals surface area (Å²) in [6.07, 6.45) is 1.04. The number of halogens is 3. The lowest BCUT2D eigenvalue weighted by molar-refractivity contribution is -0.137. The molecule has 3 aromatic rings. The highest BCUT2D eigenvalue weighted by Crippen LogP contribution is 2.38. The van der Waals surface area contributed by atoms with Crippen LogP contribution in [-0.2, 0) is 27.4 Å². The topological polar surface area (TPSA) is 130 Å². The number of hydrogen-bond acceptors (Lipinski definition) is 7. The molecule has 2 amide bonds. The summed E-state index contributed by atoms with van der Waals surface area (Å²) in [5, 5.41) is 8.14. The zero-order chi connectivity index (χ0) is 26.8. The van der Waals surface area contributed by atoms with Gasteiger partial charge in [0.1, 0.15) is 11.9 Å². The third-order valence-electron chi connectivity index (χ3n) is 5.77. The Morgan fingerprint density at radius 1 is 1.03 bits per heavy atom. The second kappa shape index (κ2) is 9.81. The van der Waals surface area contributed by atoms with Crippen molar-refractivity contribution in [3.63, 3.8) is 0 Å². The highest BCUT2D eigenvalue weighted by molar-refractivity contribution is 7.90. The zero-order valence-corrected chi connectivity index (χ0v) is 20.3. The number of alkyl halides is 3. The predicted molar refractivity (Wildman–Crippen MR) is 128 cm³/mol. The molecular weight excluding hydrogens is 511 g/mol. The number of carbonyl (C=O) groups excluding carboxylic acids is 2. The molecule has 1 aliphatic carbocycles. The first-order chi connectivity index (χ1) is 17.4. The van der Waals surface area contributed by atoms with Crippen molar-refractivity contribution in [2.24, 2.45) is 0 Å². The summed E-state index contributed by atoms with van der Waals surface area (Å²) >= 11 is 0. The summed E-state index contributed by atoms with van der Waals surface area (Å²) in [5.41, 5.74) is -1.14. The Labute approximate surface area is 210 Å². The van der Waals surface area contributed by atoms with Crippen molar-refractivity contribution in [1.82, 2.24) is 20.6 Å². The van der Waals surface area contributed by atoms with E-state index in [1.165, 1.54) is 30.9 Å². The summed E-state index contributed by atoms with van der Waals surface area (Å²) in [6.45, 7) is 0.141. The Morgan fingerprint density at radius 2 is 1.68 bits per heavy atom. The van der Waals surface area contributed by atoms with Crippen molar-refractivity contribution in [3.8, 4) is 0 Å². The maximum Gasteiger partial charge on any atom is 0.418 e. The molecule has 1 aliphatic rings. The van der Waals surface area contributed by atoms with Crippen molar-refractivity contribution in [1.29, 1.82) is 0 Å². The standard InChI is InChI=1S/C24H22F3N5O4S/c1-37(35,36)18-6-7-20(19(10-18)24(25,26)27)31-17-4-2-15(3-5-17)11-30-22(34)23(8-9-23)32-21(33)16-12-28-14-29-13-16/h2-7,10,12-14,31H,8-9,11H2,1H3,(H,30,34)(H,32,33). The smallest absolute Gasteiger partial charge is 0.355 e. The molecule has 0 atom stereocenters. The van der Waals surface area contributed by atoms with Crippen LogP contribution in [0.2, 0.25) is 0 Å². The van der Waals surface area contributed by atoms with Gasteiger partial charge in [-0.3, -0.25) is 9.59 Å². The molecular formula is C24H22F3N5O4S. The predicted octanol–water partition coefficient (Wildman–Crippen LogP) is 3.22. The van der Waals surface area contributed by atoms with Gasteiger partial charge in [0, 0.05) is 30.9 Å². The first-order valence-corrected chi connectivity index (χ1v) is 12.9. The van der Waals surface area contributed by atoms with Crippen molar-refractivity contribution in [3.05, 3.63) is 77.9 Å². The van der Waals surface area contributed by atoms with Crippen molar-refractivity contribution < 1.29 is 31.2 Å². The molecule has 4 rings (SSSR count). The number of rotatable bonds is 8. The van der Waals surface area contributed by atoms with Gasteiger partial charge < -0.3 is 16.0 Å². The first-order valence-electron chi connectivity index (χ1n) is 11.0. The summed E-state index contributed by atoms with van der Waals surface area (Å²) in [4.78, 5) is 32.2. The third kappa shape index (κ3) is 6.23. The van der Waals surface area contributed by atoms with Gasteiger partial charge in [-0.25, -0.2) is 18.4 Å². The van der Waals surface area contributed by atoms with E-state index < -0.39 is 37.9 Å². The molecule has 0 bridgehead atoms. The summed E-state index contributed by atoms with van der Waals surface area (Å²) in [7, 11) is -3.81. The highest BCUT2D eigenvalue weighted by atomic mass is 32.2. The number of anilines is 2. The maximum absolute atomic E-state index is 13.5. The minimum atomic E-state index is -4.77. The third-order valence-corrected chi connectivity index (χ3v) is 6.88. The number of aromatic nitrogens is 2. The van der Waals surface area contributed by atoms with Gasteiger partial charge in [-0.05, 0) is 48.7 Å². The molecule has 1 saturated carbocycles. The van der Waals surface area contributed by atoms with Crippen LogP contribution in [0.5, 0.6) is 0 Å². The molecule has 9 nitrogen and oxygen atoms in total. The van der Waals surface area contributed by atoms with Crippen LogP contribution in [0.3, 0.4) is 0 Å². The van der Waals surface area contributed by atoms with E-state index >= 15 is 0 Å².